The molecule has 2 heterocycles. The zero-order chi connectivity index (χ0) is 15.7. The van der Waals surface area contributed by atoms with Crippen molar-refractivity contribution in [2.45, 2.75) is 25.7 Å². The Bertz CT molecular complexity index is 685. The molecule has 0 radical (unpaired) electrons. The Morgan fingerprint density at radius 2 is 2.00 bits per heavy atom. The molecule has 1 aliphatic rings. The summed E-state index contributed by atoms with van der Waals surface area (Å²) in [6.07, 6.45) is -2.02. The molecule has 22 heavy (non-hydrogen) atoms. The standard InChI is InChI=1S/C15H15F3N4/c16-15(17,18)12-4-2-1-3-10(12)8-22-6-5-13-11(9-22)7-20-14(19)21-13/h1-4,7H,5-6,8-9H2,(H2,19,20,21). The van der Waals surface area contributed by atoms with Gasteiger partial charge in [-0.05, 0) is 11.6 Å². The summed E-state index contributed by atoms with van der Waals surface area (Å²) in [6.45, 7) is 1.43. The maximum absolute atomic E-state index is 13.0. The van der Waals surface area contributed by atoms with Crippen LogP contribution in [-0.4, -0.2) is 21.4 Å². The Morgan fingerprint density at radius 1 is 1.23 bits per heavy atom. The van der Waals surface area contributed by atoms with Gasteiger partial charge in [-0.1, -0.05) is 18.2 Å². The van der Waals surface area contributed by atoms with Gasteiger partial charge in [0.25, 0.3) is 0 Å². The first kappa shape index (κ1) is 14.8. The Morgan fingerprint density at radius 3 is 2.77 bits per heavy atom. The van der Waals surface area contributed by atoms with Crippen LogP contribution >= 0.6 is 0 Å². The molecule has 0 bridgehead atoms. The van der Waals surface area contributed by atoms with Crippen LogP contribution < -0.4 is 5.73 Å². The van der Waals surface area contributed by atoms with E-state index in [1.807, 2.05) is 4.90 Å². The number of alkyl halides is 3. The minimum atomic E-state index is -4.33. The predicted octanol–water partition coefficient (Wildman–Crippen LogP) is 2.64. The lowest BCUT2D eigenvalue weighted by Crippen LogP contribution is -2.31. The van der Waals surface area contributed by atoms with E-state index in [9.17, 15) is 13.2 Å². The normalized spacial score (nSPS) is 15.6. The number of halogens is 3. The second-order valence-electron chi connectivity index (χ2n) is 5.32. The molecule has 1 aliphatic heterocycles. The number of nitrogens with zero attached hydrogens (tertiary/aromatic N) is 3. The first-order chi connectivity index (χ1) is 10.4. The molecule has 2 N–H and O–H groups in total. The Hall–Kier alpha value is -2.15. The Kier molecular flexibility index (Phi) is 3.74. The van der Waals surface area contributed by atoms with Gasteiger partial charge in [0, 0.05) is 37.8 Å². The zero-order valence-electron chi connectivity index (χ0n) is 11.8. The van der Waals surface area contributed by atoms with E-state index in [1.54, 1.807) is 12.3 Å². The van der Waals surface area contributed by atoms with Gasteiger partial charge < -0.3 is 5.73 Å². The van der Waals surface area contributed by atoms with E-state index < -0.39 is 11.7 Å². The molecule has 0 aliphatic carbocycles. The summed E-state index contributed by atoms with van der Waals surface area (Å²) in [5.41, 5.74) is 7.06. The number of aromatic nitrogens is 2. The van der Waals surface area contributed by atoms with Crippen molar-refractivity contribution in [2.75, 3.05) is 12.3 Å². The topological polar surface area (TPSA) is 55.0 Å². The van der Waals surface area contributed by atoms with Crippen LogP contribution in [0.15, 0.2) is 30.5 Å². The van der Waals surface area contributed by atoms with Gasteiger partial charge in [0.1, 0.15) is 0 Å². The number of hydrogen-bond acceptors (Lipinski definition) is 4. The first-order valence-corrected chi connectivity index (χ1v) is 6.91. The third-order valence-corrected chi connectivity index (χ3v) is 3.75. The van der Waals surface area contributed by atoms with Gasteiger partial charge in [-0.15, -0.1) is 0 Å². The highest BCUT2D eigenvalue weighted by Gasteiger charge is 2.33. The number of rotatable bonds is 2. The summed E-state index contributed by atoms with van der Waals surface area (Å²) in [7, 11) is 0. The third-order valence-electron chi connectivity index (χ3n) is 3.75. The highest BCUT2D eigenvalue weighted by atomic mass is 19.4. The SMILES string of the molecule is Nc1ncc2c(n1)CCN(Cc1ccccc1C(F)(F)F)C2. The number of hydrogen-bond donors (Lipinski definition) is 1. The second kappa shape index (κ2) is 5.57. The van der Waals surface area contributed by atoms with Crippen molar-refractivity contribution in [3.63, 3.8) is 0 Å². The van der Waals surface area contributed by atoms with Crippen LogP contribution in [0, 0.1) is 0 Å². The van der Waals surface area contributed by atoms with Crippen molar-refractivity contribution >= 4 is 5.95 Å². The van der Waals surface area contributed by atoms with Gasteiger partial charge in [0.2, 0.25) is 5.95 Å². The van der Waals surface area contributed by atoms with Crippen LogP contribution in [0.2, 0.25) is 0 Å². The maximum Gasteiger partial charge on any atom is 0.416 e. The molecule has 1 aromatic heterocycles. The molecule has 116 valence electrons. The molecule has 7 heteroatoms. The lowest BCUT2D eigenvalue weighted by molar-refractivity contribution is -0.138. The van der Waals surface area contributed by atoms with E-state index in [1.165, 1.54) is 12.1 Å². The lowest BCUT2D eigenvalue weighted by Gasteiger charge is -2.28. The summed E-state index contributed by atoms with van der Waals surface area (Å²) in [5, 5.41) is 0. The van der Waals surface area contributed by atoms with Crippen molar-refractivity contribution in [1.29, 1.82) is 0 Å². The fraction of sp³-hybridized carbons (Fsp3) is 0.333. The highest BCUT2D eigenvalue weighted by molar-refractivity contribution is 5.31. The van der Waals surface area contributed by atoms with Crippen LogP contribution in [0.3, 0.4) is 0 Å². The summed E-state index contributed by atoms with van der Waals surface area (Å²) < 4.78 is 39.1. The molecule has 0 unspecified atom stereocenters. The average molecular weight is 308 g/mol. The summed E-state index contributed by atoms with van der Waals surface area (Å²) in [5.74, 6) is 0.231. The molecule has 0 spiro atoms. The molecular formula is C15H15F3N4. The molecule has 1 aromatic carbocycles. The van der Waals surface area contributed by atoms with Crippen molar-refractivity contribution in [1.82, 2.24) is 14.9 Å². The van der Waals surface area contributed by atoms with Crippen molar-refractivity contribution < 1.29 is 13.2 Å². The van der Waals surface area contributed by atoms with E-state index in [-0.39, 0.29) is 18.1 Å². The summed E-state index contributed by atoms with van der Waals surface area (Å²) in [4.78, 5) is 10.1. The Labute approximate surface area is 125 Å². The van der Waals surface area contributed by atoms with Gasteiger partial charge in [0.15, 0.2) is 0 Å². The van der Waals surface area contributed by atoms with Crippen molar-refractivity contribution in [3.05, 3.63) is 52.8 Å². The fourth-order valence-electron chi connectivity index (χ4n) is 2.70. The van der Waals surface area contributed by atoms with Gasteiger partial charge in [-0.25, -0.2) is 9.97 Å². The summed E-state index contributed by atoms with van der Waals surface area (Å²) in [6, 6.07) is 5.69. The zero-order valence-corrected chi connectivity index (χ0v) is 11.8. The molecule has 0 saturated heterocycles. The third kappa shape index (κ3) is 3.04. The minimum Gasteiger partial charge on any atom is -0.368 e. The Balaban J connectivity index is 1.80. The van der Waals surface area contributed by atoms with Crippen LogP contribution in [0.4, 0.5) is 19.1 Å². The molecule has 0 atom stereocenters. The predicted molar refractivity (Wildman–Crippen MR) is 75.7 cm³/mol. The van der Waals surface area contributed by atoms with Crippen LogP contribution in [0.25, 0.3) is 0 Å². The fourth-order valence-corrected chi connectivity index (χ4v) is 2.70. The molecule has 4 nitrogen and oxygen atoms in total. The highest BCUT2D eigenvalue weighted by Crippen LogP contribution is 2.33. The number of fused-ring (bicyclic) bond motifs is 1. The quantitative estimate of drug-likeness (QED) is 0.926. The second-order valence-corrected chi connectivity index (χ2v) is 5.32. The number of anilines is 1. The number of nitrogen functional groups attached to an aromatic ring is 1. The van der Waals surface area contributed by atoms with Gasteiger partial charge in [0.05, 0.1) is 11.3 Å². The summed E-state index contributed by atoms with van der Waals surface area (Å²) >= 11 is 0. The van der Waals surface area contributed by atoms with E-state index >= 15 is 0 Å². The van der Waals surface area contributed by atoms with Gasteiger partial charge in [-0.3, -0.25) is 4.90 Å². The van der Waals surface area contributed by atoms with Crippen LogP contribution in [0.1, 0.15) is 22.4 Å². The van der Waals surface area contributed by atoms with Crippen LogP contribution in [-0.2, 0) is 25.7 Å². The lowest BCUT2D eigenvalue weighted by atomic mass is 10.0. The van der Waals surface area contributed by atoms with Crippen molar-refractivity contribution in [3.8, 4) is 0 Å². The van der Waals surface area contributed by atoms with E-state index in [0.717, 1.165) is 17.3 Å². The number of nitrogens with two attached hydrogens (primary N) is 1. The average Bonchev–Trinajstić information content (AvgIpc) is 2.47. The number of benzene rings is 1. The van der Waals surface area contributed by atoms with Gasteiger partial charge >= 0.3 is 6.18 Å². The molecule has 0 fully saturated rings. The van der Waals surface area contributed by atoms with E-state index in [0.29, 0.717) is 19.5 Å². The molecule has 3 rings (SSSR count). The molecular weight excluding hydrogens is 293 g/mol. The monoisotopic (exact) mass is 308 g/mol. The maximum atomic E-state index is 13.0. The van der Waals surface area contributed by atoms with Crippen LogP contribution in [0.5, 0.6) is 0 Å². The van der Waals surface area contributed by atoms with E-state index in [4.69, 9.17) is 5.73 Å². The first-order valence-electron chi connectivity index (χ1n) is 6.91. The molecule has 2 aromatic rings. The largest absolute Gasteiger partial charge is 0.416 e. The minimum absolute atomic E-state index is 0.231. The van der Waals surface area contributed by atoms with E-state index in [2.05, 4.69) is 9.97 Å². The smallest absolute Gasteiger partial charge is 0.368 e. The molecule has 0 amide bonds. The van der Waals surface area contributed by atoms with Gasteiger partial charge in [-0.2, -0.15) is 13.2 Å². The molecule has 0 saturated carbocycles. The van der Waals surface area contributed by atoms with Crippen molar-refractivity contribution in [2.24, 2.45) is 0 Å².